The van der Waals surface area contributed by atoms with Crippen LogP contribution >= 0.6 is 0 Å². The smallest absolute Gasteiger partial charge is 0.251 e. The lowest BCUT2D eigenvalue weighted by Gasteiger charge is -2.22. The lowest BCUT2D eigenvalue weighted by molar-refractivity contribution is -0.136. The largest absolute Gasteiger partial charge is 0.381 e. The fraction of sp³-hybridized carbons (Fsp3) is 0.562. The van der Waals surface area contributed by atoms with Crippen LogP contribution in [0.2, 0.25) is 0 Å². The third-order valence-electron chi connectivity index (χ3n) is 3.21. The fourth-order valence-corrected chi connectivity index (χ4v) is 1.72. The van der Waals surface area contributed by atoms with Crippen LogP contribution in [0, 0.1) is 6.92 Å². The Bertz CT molecular complexity index is 465. The van der Waals surface area contributed by atoms with Gasteiger partial charge in [0.2, 0.25) is 0 Å². The minimum Gasteiger partial charge on any atom is -0.381 e. The maximum atomic E-state index is 11.7. The highest BCUT2D eigenvalue weighted by Crippen LogP contribution is 2.24. The minimum atomic E-state index is -1.34. The Hall–Kier alpha value is -1.35. The molecule has 0 unspecified atom stereocenters. The first kappa shape index (κ1) is 15.7. The van der Waals surface area contributed by atoms with Crippen molar-refractivity contribution in [3.63, 3.8) is 0 Å². The minimum absolute atomic E-state index is 0.0860. The number of nitrogens with one attached hydrogen (secondary N) is 1. The van der Waals surface area contributed by atoms with Gasteiger partial charge in [0.05, 0.1) is 0 Å². The van der Waals surface area contributed by atoms with E-state index in [-0.39, 0.29) is 11.3 Å². The summed E-state index contributed by atoms with van der Waals surface area (Å²) in [4.78, 5) is 11.7. The Labute approximate surface area is 116 Å². The van der Waals surface area contributed by atoms with E-state index in [1.807, 2.05) is 6.92 Å². The van der Waals surface area contributed by atoms with Gasteiger partial charge in [0.15, 0.2) is 0 Å². The molecule has 0 saturated carbocycles. The van der Waals surface area contributed by atoms with Crippen molar-refractivity contribution in [2.24, 2.45) is 0 Å². The second-order valence-electron chi connectivity index (χ2n) is 6.63. The zero-order valence-corrected chi connectivity index (χ0v) is 12.8. The molecule has 3 heteroatoms. The van der Waals surface area contributed by atoms with Crippen molar-refractivity contribution in [1.82, 2.24) is 5.32 Å². The molecule has 2 N–H and O–H groups in total. The molecule has 0 aliphatic heterocycles. The van der Waals surface area contributed by atoms with Crippen molar-refractivity contribution < 1.29 is 9.90 Å². The van der Waals surface area contributed by atoms with E-state index >= 15 is 0 Å². The highest BCUT2D eigenvalue weighted by molar-refractivity contribution is 5.83. The molecule has 0 aliphatic carbocycles. The first-order valence-electron chi connectivity index (χ1n) is 6.62. The van der Waals surface area contributed by atoms with Gasteiger partial charge in [-0.3, -0.25) is 4.79 Å². The summed E-state index contributed by atoms with van der Waals surface area (Å²) in [5.41, 5.74) is 2.22. The number of hydrogen-bond donors (Lipinski definition) is 2. The summed E-state index contributed by atoms with van der Waals surface area (Å²) in [7, 11) is 0. The zero-order chi connectivity index (χ0) is 14.8. The number of amides is 1. The molecule has 1 aromatic carbocycles. The van der Waals surface area contributed by atoms with Gasteiger partial charge < -0.3 is 10.4 Å². The van der Waals surface area contributed by atoms with Gasteiger partial charge >= 0.3 is 0 Å². The van der Waals surface area contributed by atoms with E-state index in [4.69, 9.17) is 0 Å². The van der Waals surface area contributed by atoms with E-state index in [9.17, 15) is 9.90 Å². The van der Waals surface area contributed by atoms with Crippen molar-refractivity contribution in [3.05, 3.63) is 34.9 Å². The van der Waals surface area contributed by atoms with Gasteiger partial charge in [0.25, 0.3) is 5.91 Å². The lowest BCUT2D eigenvalue weighted by Crippen LogP contribution is -2.41. The molecule has 0 heterocycles. The second kappa shape index (κ2) is 5.33. The van der Waals surface area contributed by atoms with Crippen LogP contribution in [0.15, 0.2) is 18.2 Å². The quantitative estimate of drug-likeness (QED) is 0.881. The normalized spacial score (nSPS) is 12.4. The van der Waals surface area contributed by atoms with Crippen LogP contribution in [-0.4, -0.2) is 16.6 Å². The van der Waals surface area contributed by atoms with E-state index in [1.165, 1.54) is 19.4 Å². The molecule has 1 amide bonds. The van der Waals surface area contributed by atoms with E-state index < -0.39 is 5.60 Å². The number of rotatable bonds is 3. The number of hydrogen-bond acceptors (Lipinski definition) is 2. The van der Waals surface area contributed by atoms with Crippen molar-refractivity contribution >= 4 is 5.91 Å². The Morgan fingerprint density at radius 3 is 2.26 bits per heavy atom. The summed E-state index contributed by atoms with van der Waals surface area (Å²) in [5.74, 6) is -0.354. The first-order chi connectivity index (χ1) is 8.51. The maximum absolute atomic E-state index is 11.7. The molecule has 106 valence electrons. The molecule has 0 aromatic heterocycles. The van der Waals surface area contributed by atoms with Crippen LogP contribution in [0.5, 0.6) is 0 Å². The third kappa shape index (κ3) is 4.35. The lowest BCUT2D eigenvalue weighted by atomic mass is 9.85. The Kier molecular flexibility index (Phi) is 4.41. The summed E-state index contributed by atoms with van der Waals surface area (Å²) in [6.07, 6.45) is 0. The standard InChI is InChI=1S/C16H25NO2/c1-11-7-8-13(15(2,3)4)9-12(11)10-17-14(18)16(5,6)19/h7-9,19H,10H2,1-6H3,(H,17,18). The third-order valence-corrected chi connectivity index (χ3v) is 3.21. The van der Waals surface area contributed by atoms with Crippen LogP contribution in [-0.2, 0) is 16.8 Å². The Balaban J connectivity index is 2.87. The van der Waals surface area contributed by atoms with Crippen molar-refractivity contribution in [2.45, 2.75) is 59.1 Å². The highest BCUT2D eigenvalue weighted by atomic mass is 16.3. The fourth-order valence-electron chi connectivity index (χ4n) is 1.72. The number of aryl methyl sites for hydroxylation is 1. The summed E-state index contributed by atoms with van der Waals surface area (Å²) < 4.78 is 0. The molecule has 0 fully saturated rings. The molecule has 0 radical (unpaired) electrons. The molecular formula is C16H25NO2. The predicted molar refractivity (Wildman–Crippen MR) is 78.0 cm³/mol. The van der Waals surface area contributed by atoms with E-state index in [1.54, 1.807) is 0 Å². The molecule has 0 spiro atoms. The molecule has 0 bridgehead atoms. The second-order valence-corrected chi connectivity index (χ2v) is 6.63. The topological polar surface area (TPSA) is 49.3 Å². The van der Waals surface area contributed by atoms with Gasteiger partial charge in [-0.05, 0) is 42.9 Å². The van der Waals surface area contributed by atoms with E-state index in [0.29, 0.717) is 6.54 Å². The van der Waals surface area contributed by atoms with Gasteiger partial charge in [0, 0.05) is 6.54 Å². The predicted octanol–water partition coefficient (Wildman–Crippen LogP) is 2.68. The van der Waals surface area contributed by atoms with Crippen molar-refractivity contribution in [2.75, 3.05) is 0 Å². The van der Waals surface area contributed by atoms with Gasteiger partial charge in [-0.2, -0.15) is 0 Å². The number of benzene rings is 1. The molecule has 0 atom stereocenters. The number of carbonyl (C=O) groups is 1. The van der Waals surface area contributed by atoms with E-state index in [0.717, 1.165) is 11.1 Å². The molecule has 19 heavy (non-hydrogen) atoms. The summed E-state index contributed by atoms with van der Waals surface area (Å²) in [5, 5.41) is 12.4. The molecule has 1 aromatic rings. The molecular weight excluding hydrogens is 238 g/mol. The van der Waals surface area contributed by atoms with Gasteiger partial charge in [-0.1, -0.05) is 39.0 Å². The average molecular weight is 263 g/mol. The Morgan fingerprint density at radius 1 is 1.21 bits per heavy atom. The zero-order valence-electron chi connectivity index (χ0n) is 12.8. The van der Waals surface area contributed by atoms with Crippen LogP contribution in [0.4, 0.5) is 0 Å². The first-order valence-corrected chi connectivity index (χ1v) is 6.62. The highest BCUT2D eigenvalue weighted by Gasteiger charge is 2.23. The summed E-state index contributed by atoms with van der Waals surface area (Å²) >= 11 is 0. The van der Waals surface area contributed by atoms with Gasteiger partial charge in [-0.15, -0.1) is 0 Å². The summed E-state index contributed by atoms with van der Waals surface area (Å²) in [6, 6.07) is 6.32. The van der Waals surface area contributed by atoms with Crippen LogP contribution in [0.25, 0.3) is 0 Å². The molecule has 1 rings (SSSR count). The molecule has 0 saturated heterocycles. The SMILES string of the molecule is Cc1ccc(C(C)(C)C)cc1CNC(=O)C(C)(C)O. The Morgan fingerprint density at radius 2 is 1.79 bits per heavy atom. The average Bonchev–Trinajstić information content (AvgIpc) is 2.24. The van der Waals surface area contributed by atoms with Gasteiger partial charge in [-0.25, -0.2) is 0 Å². The van der Waals surface area contributed by atoms with Crippen LogP contribution < -0.4 is 5.32 Å². The van der Waals surface area contributed by atoms with Crippen molar-refractivity contribution in [1.29, 1.82) is 0 Å². The number of aliphatic hydroxyl groups is 1. The van der Waals surface area contributed by atoms with E-state index in [2.05, 4.69) is 44.3 Å². The van der Waals surface area contributed by atoms with Crippen molar-refractivity contribution in [3.8, 4) is 0 Å². The molecule has 0 aliphatic rings. The van der Waals surface area contributed by atoms with Gasteiger partial charge in [0.1, 0.15) is 5.60 Å². The van der Waals surface area contributed by atoms with Crippen LogP contribution in [0.3, 0.4) is 0 Å². The summed E-state index contributed by atoms with van der Waals surface area (Å²) in [6.45, 7) is 11.9. The van der Waals surface area contributed by atoms with Crippen LogP contribution in [0.1, 0.15) is 51.3 Å². The molecule has 3 nitrogen and oxygen atoms in total. The maximum Gasteiger partial charge on any atom is 0.251 e. The number of carbonyl (C=O) groups excluding carboxylic acids is 1. The monoisotopic (exact) mass is 263 g/mol.